The maximum absolute atomic E-state index is 13.4. The molecule has 0 fully saturated rings. The summed E-state index contributed by atoms with van der Waals surface area (Å²) in [6.45, 7) is 1.74. The minimum atomic E-state index is -2.15. The van der Waals surface area contributed by atoms with E-state index in [-0.39, 0.29) is 10.8 Å². The number of halogens is 2. The molecule has 0 spiro atoms. The molecule has 4 nitrogen and oxygen atoms in total. The summed E-state index contributed by atoms with van der Waals surface area (Å²) in [7, 11) is 0. The lowest BCUT2D eigenvalue weighted by molar-refractivity contribution is -0.143. The van der Waals surface area contributed by atoms with E-state index in [4.69, 9.17) is 16.7 Å². The highest BCUT2D eigenvalue weighted by atomic mass is 35.5. The molecule has 0 saturated heterocycles. The Kier molecular flexibility index (Phi) is 2.40. The largest absolute Gasteiger partial charge is 0.479 e. The summed E-state index contributed by atoms with van der Waals surface area (Å²) < 4.78 is 14.8. The first-order valence-corrected chi connectivity index (χ1v) is 5.27. The number of fused-ring (bicyclic) bond motifs is 1. The summed E-state index contributed by atoms with van der Waals surface area (Å²) in [5.41, 5.74) is 0.603. The second-order valence-corrected chi connectivity index (χ2v) is 4.18. The van der Waals surface area contributed by atoms with Gasteiger partial charge in [-0.25, -0.2) is 14.2 Å². The standard InChI is InChI=1S/C8H6ClFN2O2S/c1-3-2-15-8-11-6(9)5(12(3)8)4(10)7(13)14/h2,4H,1H3,(H,13,14). The van der Waals surface area contributed by atoms with E-state index < -0.39 is 12.1 Å². The zero-order valence-electron chi connectivity index (χ0n) is 7.57. The fourth-order valence-electron chi connectivity index (χ4n) is 1.33. The first-order chi connectivity index (χ1) is 7.02. The smallest absolute Gasteiger partial charge is 0.344 e. The van der Waals surface area contributed by atoms with Crippen molar-refractivity contribution in [3.8, 4) is 0 Å². The topological polar surface area (TPSA) is 54.6 Å². The molecule has 0 saturated carbocycles. The Morgan fingerprint density at radius 2 is 2.47 bits per heavy atom. The number of carboxylic acid groups (broad SMARTS) is 1. The van der Waals surface area contributed by atoms with Gasteiger partial charge in [-0.2, -0.15) is 0 Å². The summed E-state index contributed by atoms with van der Waals surface area (Å²) in [5, 5.41) is 10.3. The fraction of sp³-hybridized carbons (Fsp3) is 0.250. The Labute approximate surface area is 92.9 Å². The number of rotatable bonds is 2. The van der Waals surface area contributed by atoms with Gasteiger partial charge in [0, 0.05) is 11.1 Å². The van der Waals surface area contributed by atoms with Crippen molar-refractivity contribution in [1.29, 1.82) is 0 Å². The molecule has 1 N–H and O–H groups in total. The van der Waals surface area contributed by atoms with Crippen molar-refractivity contribution in [2.45, 2.75) is 13.1 Å². The predicted octanol–water partition coefficient (Wildman–Crippen LogP) is 2.45. The van der Waals surface area contributed by atoms with Crippen LogP contribution in [-0.4, -0.2) is 20.5 Å². The van der Waals surface area contributed by atoms with E-state index in [0.717, 1.165) is 0 Å². The second kappa shape index (κ2) is 3.46. The van der Waals surface area contributed by atoms with Crippen LogP contribution in [0.15, 0.2) is 5.38 Å². The van der Waals surface area contributed by atoms with Crippen LogP contribution in [0, 0.1) is 6.92 Å². The van der Waals surface area contributed by atoms with Crippen molar-refractivity contribution in [2.24, 2.45) is 0 Å². The number of carboxylic acids is 1. The third-order valence-corrected chi connectivity index (χ3v) is 3.20. The molecule has 0 aliphatic heterocycles. The number of carbonyl (C=O) groups is 1. The van der Waals surface area contributed by atoms with Gasteiger partial charge in [0.05, 0.1) is 0 Å². The Morgan fingerprint density at radius 1 is 1.80 bits per heavy atom. The van der Waals surface area contributed by atoms with Gasteiger partial charge in [-0.1, -0.05) is 11.6 Å². The van der Waals surface area contributed by atoms with Crippen LogP contribution in [0.5, 0.6) is 0 Å². The molecule has 7 heteroatoms. The second-order valence-electron chi connectivity index (χ2n) is 2.98. The van der Waals surface area contributed by atoms with Gasteiger partial charge in [-0.05, 0) is 6.92 Å². The van der Waals surface area contributed by atoms with Crippen LogP contribution in [0.4, 0.5) is 4.39 Å². The molecule has 80 valence electrons. The van der Waals surface area contributed by atoms with Crippen LogP contribution in [0.3, 0.4) is 0 Å². The molecule has 2 rings (SSSR count). The Bertz CT molecular complexity index is 536. The molecular weight excluding hydrogens is 243 g/mol. The third kappa shape index (κ3) is 1.49. The lowest BCUT2D eigenvalue weighted by Gasteiger charge is -2.03. The van der Waals surface area contributed by atoms with Crippen molar-refractivity contribution in [3.63, 3.8) is 0 Å². The maximum atomic E-state index is 13.4. The van der Waals surface area contributed by atoms with Crippen molar-refractivity contribution < 1.29 is 14.3 Å². The van der Waals surface area contributed by atoms with Gasteiger partial charge < -0.3 is 5.11 Å². The number of thiazole rings is 1. The molecule has 0 amide bonds. The number of aromatic nitrogens is 2. The number of aryl methyl sites for hydroxylation is 1. The molecular formula is C8H6ClFN2O2S. The molecule has 1 atom stereocenters. The Balaban J connectivity index is 2.71. The van der Waals surface area contributed by atoms with E-state index in [9.17, 15) is 9.18 Å². The van der Waals surface area contributed by atoms with Gasteiger partial charge in [0.15, 0.2) is 10.1 Å². The quantitative estimate of drug-likeness (QED) is 0.888. The van der Waals surface area contributed by atoms with Crippen molar-refractivity contribution in [2.75, 3.05) is 0 Å². The highest BCUT2D eigenvalue weighted by molar-refractivity contribution is 7.15. The van der Waals surface area contributed by atoms with E-state index in [1.165, 1.54) is 15.7 Å². The van der Waals surface area contributed by atoms with E-state index in [2.05, 4.69) is 4.98 Å². The zero-order chi connectivity index (χ0) is 11.2. The van der Waals surface area contributed by atoms with Gasteiger partial charge >= 0.3 is 5.97 Å². The van der Waals surface area contributed by atoms with Crippen LogP contribution in [-0.2, 0) is 4.79 Å². The lowest BCUT2D eigenvalue weighted by Crippen LogP contribution is -2.09. The number of aliphatic carboxylic acids is 1. The summed E-state index contributed by atoms with van der Waals surface area (Å²) in [4.78, 5) is 14.9. The van der Waals surface area contributed by atoms with Crippen LogP contribution >= 0.6 is 22.9 Å². The SMILES string of the molecule is Cc1csc2nc(Cl)c(C(F)C(=O)O)n12. The minimum absolute atomic E-state index is 0.0974. The molecule has 15 heavy (non-hydrogen) atoms. The summed E-state index contributed by atoms with van der Waals surface area (Å²) in [5.74, 6) is -1.57. The minimum Gasteiger partial charge on any atom is -0.479 e. The highest BCUT2D eigenvalue weighted by Crippen LogP contribution is 2.30. The highest BCUT2D eigenvalue weighted by Gasteiger charge is 2.27. The van der Waals surface area contributed by atoms with Gasteiger partial charge in [-0.15, -0.1) is 11.3 Å². The predicted molar refractivity (Wildman–Crippen MR) is 54.3 cm³/mol. The van der Waals surface area contributed by atoms with Crippen molar-refractivity contribution in [1.82, 2.24) is 9.38 Å². The van der Waals surface area contributed by atoms with Crippen LogP contribution in [0.2, 0.25) is 5.15 Å². The zero-order valence-corrected chi connectivity index (χ0v) is 9.14. The fourth-order valence-corrected chi connectivity index (χ4v) is 2.52. The number of hydrogen-bond acceptors (Lipinski definition) is 3. The van der Waals surface area contributed by atoms with Gasteiger partial charge in [-0.3, -0.25) is 4.40 Å². The molecule has 0 aliphatic carbocycles. The Morgan fingerprint density at radius 3 is 3.07 bits per heavy atom. The first-order valence-electron chi connectivity index (χ1n) is 4.01. The van der Waals surface area contributed by atoms with Crippen LogP contribution in [0.1, 0.15) is 17.6 Å². The molecule has 0 aliphatic rings. The van der Waals surface area contributed by atoms with Gasteiger partial charge in [0.1, 0.15) is 5.69 Å². The van der Waals surface area contributed by atoms with Crippen molar-refractivity contribution in [3.05, 3.63) is 21.9 Å². The normalized spacial score (nSPS) is 13.3. The first kappa shape index (κ1) is 10.4. The molecule has 1 unspecified atom stereocenters. The summed E-state index contributed by atoms with van der Waals surface area (Å²) >= 11 is 6.98. The average molecular weight is 249 g/mol. The monoisotopic (exact) mass is 248 g/mol. The number of nitrogens with zero attached hydrogens (tertiary/aromatic N) is 2. The van der Waals surface area contributed by atoms with Crippen LogP contribution in [0.25, 0.3) is 4.96 Å². The van der Waals surface area contributed by atoms with Crippen LogP contribution < -0.4 is 0 Å². The van der Waals surface area contributed by atoms with Gasteiger partial charge in [0.2, 0.25) is 6.17 Å². The molecule has 2 aromatic rings. The summed E-state index contributed by atoms with van der Waals surface area (Å²) in [6, 6.07) is 0. The molecule has 0 aromatic carbocycles. The van der Waals surface area contributed by atoms with E-state index >= 15 is 0 Å². The maximum Gasteiger partial charge on any atom is 0.344 e. The molecule has 0 radical (unpaired) electrons. The molecule has 2 heterocycles. The molecule has 0 bridgehead atoms. The van der Waals surface area contributed by atoms with E-state index in [1.54, 1.807) is 12.3 Å². The number of imidazole rings is 1. The lowest BCUT2D eigenvalue weighted by atomic mass is 10.3. The molecule has 2 aromatic heterocycles. The number of hydrogen-bond donors (Lipinski definition) is 1. The average Bonchev–Trinajstić information content (AvgIpc) is 2.65. The Hall–Kier alpha value is -1.14. The van der Waals surface area contributed by atoms with E-state index in [0.29, 0.717) is 10.7 Å². The summed E-state index contributed by atoms with van der Waals surface area (Å²) in [6.07, 6.45) is -2.15. The van der Waals surface area contributed by atoms with Crippen molar-refractivity contribution >= 4 is 33.9 Å². The van der Waals surface area contributed by atoms with Gasteiger partial charge in [0.25, 0.3) is 0 Å². The number of alkyl halides is 1. The van der Waals surface area contributed by atoms with E-state index in [1.807, 2.05) is 0 Å². The third-order valence-electron chi connectivity index (χ3n) is 1.98.